The van der Waals surface area contributed by atoms with Crippen LogP contribution in [0.4, 0.5) is 0 Å². The number of hydrogen-bond acceptors (Lipinski definition) is 0. The molecule has 0 aliphatic heterocycles. The topological polar surface area (TPSA) is 0 Å². The van der Waals surface area contributed by atoms with E-state index in [1.807, 2.05) is 73.7 Å². The predicted octanol–water partition coefficient (Wildman–Crippen LogP) is 12.0. The van der Waals surface area contributed by atoms with Crippen LogP contribution in [-0.4, -0.2) is 4.31 Å². The normalized spacial score (nSPS) is 24.7. The molecule has 2 unspecified atom stereocenters. The van der Waals surface area contributed by atoms with Crippen LogP contribution in [0.5, 0.6) is 0 Å². The summed E-state index contributed by atoms with van der Waals surface area (Å²) in [6.45, 7) is 22.3. The quantitative estimate of drug-likeness (QED) is 0.192. The third-order valence-electron chi connectivity index (χ3n) is 12.0. The van der Waals surface area contributed by atoms with Gasteiger partial charge in [-0.1, -0.05) is 113 Å². The summed E-state index contributed by atoms with van der Waals surface area (Å²) in [5.74, 6) is 2.24. The first-order chi connectivity index (χ1) is 20.4. The number of rotatable bonds is 0. The van der Waals surface area contributed by atoms with Crippen molar-refractivity contribution in [1.29, 1.82) is 0 Å². The fourth-order valence-electron chi connectivity index (χ4n) is 8.25. The largest absolute Gasteiger partial charge is 0.273 e. The van der Waals surface area contributed by atoms with Crippen LogP contribution in [0.1, 0.15) is 92.7 Å². The molecule has 2 aromatic carbocycles. The zero-order chi connectivity index (χ0) is 31.5. The van der Waals surface area contributed by atoms with Crippen molar-refractivity contribution in [3.63, 3.8) is 0 Å². The van der Waals surface area contributed by atoms with Crippen LogP contribution < -0.4 is 0 Å². The van der Waals surface area contributed by atoms with E-state index in [4.69, 9.17) is 0 Å². The minimum absolute atomic E-state index is 0. The molecule has 242 valence electrons. The molecule has 45 heavy (non-hydrogen) atoms. The maximum atomic E-state index is 2.99. The molecule has 2 atom stereocenters. The molecule has 7 rings (SSSR count). The molecule has 5 aliphatic rings. The zero-order valence-corrected chi connectivity index (χ0v) is 32.1. The van der Waals surface area contributed by atoms with Crippen molar-refractivity contribution in [1.82, 2.24) is 0 Å². The monoisotopic (exact) mass is 675 g/mol. The van der Waals surface area contributed by atoms with Gasteiger partial charge in [-0.2, -0.15) is 53.6 Å². The Bertz CT molecular complexity index is 1410. The number of halogens is 2. The van der Waals surface area contributed by atoms with Gasteiger partial charge in [0.2, 0.25) is 0 Å². The van der Waals surface area contributed by atoms with Crippen LogP contribution >= 0.6 is 24.8 Å². The first-order valence-electron chi connectivity index (χ1n) is 16.0. The average molecular weight is 677 g/mol. The van der Waals surface area contributed by atoms with Crippen LogP contribution in [0.3, 0.4) is 0 Å². The Balaban J connectivity index is 0.000000366. The van der Waals surface area contributed by atoms with E-state index in [-0.39, 0.29) is 46.5 Å². The molecule has 0 N–H and O–H groups in total. The molecule has 0 bridgehead atoms. The Morgan fingerprint density at radius 3 is 2.04 bits per heavy atom. The van der Waals surface area contributed by atoms with Crippen LogP contribution in [0.25, 0.3) is 5.57 Å². The molecule has 5 aliphatic carbocycles. The van der Waals surface area contributed by atoms with Gasteiger partial charge in [0.1, 0.15) is 0 Å². The van der Waals surface area contributed by atoms with E-state index in [9.17, 15) is 0 Å². The summed E-state index contributed by atoms with van der Waals surface area (Å²) in [7, 11) is 0. The second-order valence-electron chi connectivity index (χ2n) is 14.1. The van der Waals surface area contributed by atoms with E-state index in [1.54, 1.807) is 28.2 Å². The maximum absolute atomic E-state index is 2.99. The Kier molecular flexibility index (Phi) is 13.9. The van der Waals surface area contributed by atoms with E-state index >= 15 is 0 Å². The van der Waals surface area contributed by atoms with E-state index in [1.165, 1.54) is 24.0 Å². The van der Waals surface area contributed by atoms with Gasteiger partial charge < -0.3 is 0 Å². The Morgan fingerprint density at radius 2 is 1.53 bits per heavy atom. The molecule has 0 aromatic heterocycles. The van der Waals surface area contributed by atoms with E-state index in [0.29, 0.717) is 5.92 Å². The second-order valence-corrected chi connectivity index (χ2v) is 15.0. The first-order valence-corrected chi connectivity index (χ1v) is 16.9. The summed E-state index contributed by atoms with van der Waals surface area (Å²) in [5, 5.41) is 0. The number of fused-ring (bicyclic) bond motifs is 6. The van der Waals surface area contributed by atoms with Gasteiger partial charge in [-0.25, -0.2) is 18.1 Å². The maximum Gasteiger partial charge on any atom is -0.109 e. The average Bonchev–Trinajstić information content (AvgIpc) is 3.70. The van der Waals surface area contributed by atoms with Gasteiger partial charge in [0.25, 0.3) is 0 Å². The molecule has 1 fully saturated rings. The molecule has 0 amide bonds. The van der Waals surface area contributed by atoms with Crippen LogP contribution in [0.15, 0.2) is 102 Å². The fraction of sp³-hybridized carbons (Fsp3) is 0.429. The number of benzene rings is 2. The minimum Gasteiger partial charge on any atom is -0.273 e. The summed E-state index contributed by atoms with van der Waals surface area (Å²) in [6, 6.07) is 21.7. The van der Waals surface area contributed by atoms with Crippen molar-refractivity contribution in [3.8, 4) is 0 Å². The van der Waals surface area contributed by atoms with Crippen LogP contribution in [-0.2, 0) is 26.4 Å². The predicted molar refractivity (Wildman–Crippen MR) is 197 cm³/mol. The standard InChI is InChI=1S/C29H37.C6H5.C5H5.C2H4.2ClH.Ti/c1-18-25-22-17-19-13-9-10-14-20(19)24(22)21-15-11-12-16-23(21)29(25,8)28(6,7)27(4,5)26(18,2)3;1-2-4-6-5-3-1;1-2-4-5-3-1;1-2;;;/h9-11,13-15,23H,12,16-17H2,1-8H3;1-5H;1-3H,4H2;1H,2H3;2*1H;/q3*-1;;;;. The molecule has 0 nitrogen and oxygen atoms in total. The van der Waals surface area contributed by atoms with Crippen molar-refractivity contribution in [3.05, 3.63) is 131 Å². The van der Waals surface area contributed by atoms with Gasteiger partial charge in [0.15, 0.2) is 0 Å². The molecule has 3 heteroatoms. The molecule has 1 saturated carbocycles. The van der Waals surface area contributed by atoms with E-state index < -0.39 is 0 Å². The summed E-state index contributed by atoms with van der Waals surface area (Å²) in [5.41, 5.74) is 10.3. The summed E-state index contributed by atoms with van der Waals surface area (Å²) < 4.78 is 2.00. The summed E-state index contributed by atoms with van der Waals surface area (Å²) >= 11 is 2.00. The molecule has 0 radical (unpaired) electrons. The third kappa shape index (κ3) is 6.78. The molecule has 0 heterocycles. The molecule has 2 aromatic rings. The minimum atomic E-state index is 0. The Morgan fingerprint density at radius 1 is 0.889 bits per heavy atom. The van der Waals surface area contributed by atoms with Crippen molar-refractivity contribution in [2.24, 2.45) is 27.6 Å². The van der Waals surface area contributed by atoms with Gasteiger partial charge in [0.05, 0.1) is 0 Å². The molecular weight excluding hydrogens is 623 g/mol. The van der Waals surface area contributed by atoms with Crippen molar-refractivity contribution in [2.75, 3.05) is 0 Å². The zero-order valence-electron chi connectivity index (χ0n) is 28.9. The SMILES string of the molecule is C[C-]1C2=C3Cc4ccccc4C3=C3C=CCCC3C2(C)C(C)(C)C(C)(C)C1(C)C.C[CH]=[Ti].Cl.Cl.[C-]1=CC=CC1.[c-]1ccccc1. The van der Waals surface area contributed by atoms with E-state index in [2.05, 4.69) is 110 Å². The third-order valence-corrected chi connectivity index (χ3v) is 12.0. The fourth-order valence-corrected chi connectivity index (χ4v) is 8.25. The van der Waals surface area contributed by atoms with E-state index in [0.717, 1.165) is 12.8 Å². The van der Waals surface area contributed by atoms with Crippen molar-refractivity contribution in [2.45, 2.75) is 88.0 Å². The molecule has 0 spiro atoms. The van der Waals surface area contributed by atoms with Crippen molar-refractivity contribution < 1.29 is 20.0 Å². The van der Waals surface area contributed by atoms with Crippen LogP contribution in [0, 0.1) is 45.6 Å². The number of allylic oxidation sites excluding steroid dienone is 10. The Labute approximate surface area is 299 Å². The van der Waals surface area contributed by atoms with Gasteiger partial charge in [-0.15, -0.1) is 38.2 Å². The van der Waals surface area contributed by atoms with Crippen LogP contribution in [0.2, 0.25) is 0 Å². The number of hydrogen-bond donors (Lipinski definition) is 0. The summed E-state index contributed by atoms with van der Waals surface area (Å²) in [4.78, 5) is 0. The summed E-state index contributed by atoms with van der Waals surface area (Å²) in [6.07, 6.45) is 18.5. The smallest absolute Gasteiger partial charge is 0.109 e. The first kappa shape index (κ1) is 39.4. The van der Waals surface area contributed by atoms with Gasteiger partial charge in [0, 0.05) is 0 Å². The molecular formula is C42H53Cl2Ti-3. The molecule has 0 saturated heterocycles. The van der Waals surface area contributed by atoms with Crippen molar-refractivity contribution >= 4 is 34.7 Å². The second kappa shape index (κ2) is 15.8. The Hall–Kier alpha value is -1.83. The van der Waals surface area contributed by atoms with Gasteiger partial charge >= 0.3 is 31.2 Å². The van der Waals surface area contributed by atoms with Gasteiger partial charge in [-0.3, -0.25) is 6.08 Å². The van der Waals surface area contributed by atoms with Gasteiger partial charge in [-0.05, 0) is 40.6 Å².